The quantitative estimate of drug-likeness (QED) is 0.450. The van der Waals surface area contributed by atoms with Crippen molar-refractivity contribution < 1.29 is 4.74 Å². The summed E-state index contributed by atoms with van der Waals surface area (Å²) in [6, 6.07) is 3.46. The second kappa shape index (κ2) is 8.58. The van der Waals surface area contributed by atoms with Crippen LogP contribution < -0.4 is 15.8 Å². The predicted octanol–water partition coefficient (Wildman–Crippen LogP) is 1.82. The van der Waals surface area contributed by atoms with Crippen molar-refractivity contribution in [3.05, 3.63) is 23.4 Å². The van der Waals surface area contributed by atoms with Crippen LogP contribution in [0.15, 0.2) is 23.3 Å². The molecule has 1 aromatic heterocycles. The number of nitrogens with zero attached hydrogens (tertiary/aromatic N) is 2. The van der Waals surface area contributed by atoms with Gasteiger partial charge in [-0.25, -0.2) is 4.98 Å². The van der Waals surface area contributed by atoms with E-state index in [2.05, 4.69) is 22.2 Å². The van der Waals surface area contributed by atoms with Crippen molar-refractivity contribution >= 4 is 17.6 Å². The Balaban J connectivity index is 2.14. The van der Waals surface area contributed by atoms with Gasteiger partial charge in [0.2, 0.25) is 5.88 Å². The summed E-state index contributed by atoms with van der Waals surface area (Å²) in [4.78, 5) is 8.18. The van der Waals surface area contributed by atoms with E-state index in [0.29, 0.717) is 30.0 Å². The second-order valence-electron chi connectivity index (χ2n) is 3.71. The standard InChI is InChI=1S/C12H19ClN4O/c1-2-3-6-15-12(14)16-7-8-18-11-5-4-10(13)9-17-11/h4-5,9H,2-3,6-8H2,1H3,(H3,14,15,16). The Labute approximate surface area is 112 Å². The summed E-state index contributed by atoms with van der Waals surface area (Å²) in [5, 5.41) is 3.56. The minimum absolute atomic E-state index is 0.455. The van der Waals surface area contributed by atoms with Crippen molar-refractivity contribution in [2.24, 2.45) is 10.7 Å². The average molecular weight is 271 g/mol. The van der Waals surface area contributed by atoms with Gasteiger partial charge in [0.25, 0.3) is 0 Å². The molecule has 0 radical (unpaired) electrons. The van der Waals surface area contributed by atoms with Crippen LogP contribution in [-0.2, 0) is 0 Å². The van der Waals surface area contributed by atoms with Crippen LogP contribution in [-0.4, -0.2) is 30.6 Å². The van der Waals surface area contributed by atoms with Gasteiger partial charge in [0.05, 0.1) is 11.6 Å². The lowest BCUT2D eigenvalue weighted by Gasteiger charge is -2.07. The Bertz CT molecular complexity index is 367. The number of aromatic nitrogens is 1. The molecular formula is C12H19ClN4O. The van der Waals surface area contributed by atoms with Crippen molar-refractivity contribution in [3.63, 3.8) is 0 Å². The molecule has 0 aliphatic rings. The molecule has 0 atom stereocenters. The molecule has 6 heteroatoms. The normalized spacial score (nSPS) is 11.3. The van der Waals surface area contributed by atoms with Gasteiger partial charge < -0.3 is 15.8 Å². The van der Waals surface area contributed by atoms with Crippen molar-refractivity contribution in [1.29, 1.82) is 0 Å². The maximum absolute atomic E-state index is 5.71. The molecular weight excluding hydrogens is 252 g/mol. The smallest absolute Gasteiger partial charge is 0.213 e. The van der Waals surface area contributed by atoms with E-state index in [-0.39, 0.29) is 0 Å². The molecule has 100 valence electrons. The zero-order valence-electron chi connectivity index (χ0n) is 10.5. The van der Waals surface area contributed by atoms with Gasteiger partial charge in [0.15, 0.2) is 5.96 Å². The van der Waals surface area contributed by atoms with E-state index in [1.807, 2.05) is 0 Å². The van der Waals surface area contributed by atoms with Gasteiger partial charge in [-0.15, -0.1) is 0 Å². The highest BCUT2D eigenvalue weighted by Gasteiger charge is 1.96. The average Bonchev–Trinajstić information content (AvgIpc) is 2.37. The first-order chi connectivity index (χ1) is 8.72. The van der Waals surface area contributed by atoms with Crippen LogP contribution in [0.3, 0.4) is 0 Å². The van der Waals surface area contributed by atoms with Crippen LogP contribution in [0.4, 0.5) is 0 Å². The number of nitrogens with one attached hydrogen (secondary N) is 1. The van der Waals surface area contributed by atoms with Crippen LogP contribution in [0.5, 0.6) is 5.88 Å². The fourth-order valence-electron chi connectivity index (χ4n) is 1.20. The zero-order valence-corrected chi connectivity index (χ0v) is 11.3. The maximum Gasteiger partial charge on any atom is 0.213 e. The maximum atomic E-state index is 5.71. The van der Waals surface area contributed by atoms with Crippen molar-refractivity contribution in [1.82, 2.24) is 10.3 Å². The third kappa shape index (κ3) is 6.30. The molecule has 18 heavy (non-hydrogen) atoms. The molecule has 0 aliphatic heterocycles. The zero-order chi connectivity index (χ0) is 13.2. The van der Waals surface area contributed by atoms with E-state index in [1.54, 1.807) is 18.3 Å². The van der Waals surface area contributed by atoms with Crippen molar-refractivity contribution in [2.75, 3.05) is 19.7 Å². The van der Waals surface area contributed by atoms with E-state index < -0.39 is 0 Å². The van der Waals surface area contributed by atoms with Crippen LogP contribution in [0, 0.1) is 0 Å². The summed E-state index contributed by atoms with van der Waals surface area (Å²) < 4.78 is 5.39. The van der Waals surface area contributed by atoms with Gasteiger partial charge in [-0.3, -0.25) is 4.99 Å². The van der Waals surface area contributed by atoms with Crippen LogP contribution in [0.2, 0.25) is 5.02 Å². The largest absolute Gasteiger partial charge is 0.476 e. The number of hydrogen-bond donors (Lipinski definition) is 2. The molecule has 0 amide bonds. The molecule has 0 saturated carbocycles. The molecule has 0 aliphatic carbocycles. The monoisotopic (exact) mass is 270 g/mol. The van der Waals surface area contributed by atoms with E-state index in [1.165, 1.54) is 0 Å². The number of guanidine groups is 1. The Morgan fingerprint density at radius 1 is 1.56 bits per heavy atom. The summed E-state index contributed by atoms with van der Waals surface area (Å²) in [6.07, 6.45) is 3.71. The van der Waals surface area contributed by atoms with Crippen molar-refractivity contribution in [2.45, 2.75) is 19.8 Å². The molecule has 0 saturated heterocycles. The summed E-state index contributed by atoms with van der Waals surface area (Å²) >= 11 is 5.71. The lowest BCUT2D eigenvalue weighted by Crippen LogP contribution is -2.34. The molecule has 0 unspecified atom stereocenters. The van der Waals surface area contributed by atoms with Gasteiger partial charge in [-0.2, -0.15) is 0 Å². The molecule has 0 aromatic carbocycles. The third-order valence-electron chi connectivity index (χ3n) is 2.15. The van der Waals surface area contributed by atoms with Gasteiger partial charge in [0.1, 0.15) is 6.61 Å². The number of rotatable bonds is 7. The summed E-state index contributed by atoms with van der Waals surface area (Å²) in [5.41, 5.74) is 5.66. The summed E-state index contributed by atoms with van der Waals surface area (Å²) in [5.74, 6) is 0.999. The minimum Gasteiger partial charge on any atom is -0.476 e. The first kappa shape index (κ1) is 14.6. The number of aliphatic imine (C=N–C) groups is 1. The Morgan fingerprint density at radius 2 is 2.39 bits per heavy atom. The summed E-state index contributed by atoms with van der Waals surface area (Å²) in [6.45, 7) is 3.94. The van der Waals surface area contributed by atoms with Crippen LogP contribution in [0.1, 0.15) is 19.8 Å². The van der Waals surface area contributed by atoms with Crippen molar-refractivity contribution in [3.8, 4) is 5.88 Å². The number of ether oxygens (including phenoxy) is 1. The first-order valence-corrected chi connectivity index (χ1v) is 6.38. The second-order valence-corrected chi connectivity index (χ2v) is 4.15. The molecule has 5 nitrogen and oxygen atoms in total. The lowest BCUT2D eigenvalue weighted by atomic mass is 10.3. The highest BCUT2D eigenvalue weighted by Crippen LogP contribution is 2.10. The summed E-state index contributed by atoms with van der Waals surface area (Å²) in [7, 11) is 0. The number of hydrogen-bond acceptors (Lipinski definition) is 3. The molecule has 1 heterocycles. The fraction of sp³-hybridized carbons (Fsp3) is 0.500. The predicted molar refractivity (Wildman–Crippen MR) is 74.1 cm³/mol. The SMILES string of the molecule is CCCCN=C(N)NCCOc1ccc(Cl)cn1. The Hall–Kier alpha value is -1.49. The Morgan fingerprint density at radius 3 is 3.06 bits per heavy atom. The van der Waals surface area contributed by atoms with E-state index in [4.69, 9.17) is 22.1 Å². The molecule has 0 fully saturated rings. The molecule has 1 rings (SSSR count). The number of nitrogens with two attached hydrogens (primary N) is 1. The highest BCUT2D eigenvalue weighted by atomic mass is 35.5. The van der Waals surface area contributed by atoms with Gasteiger partial charge in [-0.1, -0.05) is 24.9 Å². The molecule has 0 spiro atoms. The first-order valence-electron chi connectivity index (χ1n) is 6.00. The van der Waals surface area contributed by atoms with E-state index in [9.17, 15) is 0 Å². The molecule has 1 aromatic rings. The van der Waals surface area contributed by atoms with Gasteiger partial charge in [-0.05, 0) is 12.5 Å². The number of pyridine rings is 1. The molecule has 0 bridgehead atoms. The van der Waals surface area contributed by atoms with Gasteiger partial charge in [0, 0.05) is 18.8 Å². The topological polar surface area (TPSA) is 72.5 Å². The van der Waals surface area contributed by atoms with Gasteiger partial charge >= 0.3 is 0 Å². The minimum atomic E-state index is 0.455. The lowest BCUT2D eigenvalue weighted by molar-refractivity contribution is 0.310. The number of halogens is 1. The number of unbranched alkanes of at least 4 members (excludes halogenated alkanes) is 1. The third-order valence-corrected chi connectivity index (χ3v) is 2.38. The van der Waals surface area contributed by atoms with E-state index >= 15 is 0 Å². The molecule has 3 N–H and O–H groups in total. The van der Waals surface area contributed by atoms with Crippen LogP contribution >= 0.6 is 11.6 Å². The Kier molecular flexibility index (Phi) is 6.94. The van der Waals surface area contributed by atoms with E-state index in [0.717, 1.165) is 19.4 Å². The van der Waals surface area contributed by atoms with Crippen LogP contribution in [0.25, 0.3) is 0 Å². The highest BCUT2D eigenvalue weighted by molar-refractivity contribution is 6.30. The fourth-order valence-corrected chi connectivity index (χ4v) is 1.31.